The summed E-state index contributed by atoms with van der Waals surface area (Å²) in [6, 6.07) is 77.0. The molecule has 0 bridgehead atoms. The number of hydrogen-bond donors (Lipinski definition) is 0. The minimum atomic E-state index is 0.810. The van der Waals surface area contributed by atoms with Crippen LogP contribution in [0.3, 0.4) is 0 Å². The van der Waals surface area contributed by atoms with Gasteiger partial charge in [-0.25, -0.2) is 9.13 Å². The van der Waals surface area contributed by atoms with Crippen molar-refractivity contribution in [3.8, 4) is 0 Å². The standard InChI is InChI=1S/C58H48N4/c1-5-16-53(17-6-1)61(54-18-7-2-8-19-54)57-32-28-47(29-33-57)24-26-49-36-40-59(41-37-49)45-51-14-13-15-52(44-51)46-60-42-38-50(39-43-60)27-25-48-30-34-58(35-31-48)62(55-20-9-3-10-21-55)56-22-11-4-12-23-56/h1-44H,45-46H2/q+2. The molecule has 298 valence electrons. The number of aromatic nitrogens is 2. The van der Waals surface area contributed by atoms with Crippen molar-refractivity contribution in [3.05, 3.63) is 277 Å². The average Bonchev–Trinajstić information content (AvgIpc) is 3.34. The van der Waals surface area contributed by atoms with Crippen LogP contribution in [0.25, 0.3) is 24.3 Å². The highest BCUT2D eigenvalue weighted by atomic mass is 15.1. The molecular weight excluding hydrogens is 753 g/mol. The van der Waals surface area contributed by atoms with Crippen LogP contribution < -0.4 is 18.9 Å². The normalized spacial score (nSPS) is 11.2. The first-order chi connectivity index (χ1) is 30.7. The summed E-state index contributed by atoms with van der Waals surface area (Å²) in [6.07, 6.45) is 17.3. The molecule has 0 unspecified atom stereocenters. The molecule has 0 radical (unpaired) electrons. The molecule has 4 heteroatoms. The molecule has 0 aliphatic carbocycles. The fourth-order valence-electron chi connectivity index (χ4n) is 7.68. The van der Waals surface area contributed by atoms with Gasteiger partial charge in [0, 0.05) is 69.5 Å². The fourth-order valence-corrected chi connectivity index (χ4v) is 7.68. The van der Waals surface area contributed by atoms with Crippen molar-refractivity contribution in [2.24, 2.45) is 0 Å². The zero-order valence-corrected chi connectivity index (χ0v) is 34.6. The monoisotopic (exact) mass is 800 g/mol. The van der Waals surface area contributed by atoms with E-state index in [9.17, 15) is 0 Å². The van der Waals surface area contributed by atoms with Gasteiger partial charge in [0.25, 0.3) is 0 Å². The quantitative estimate of drug-likeness (QED) is 0.102. The summed E-state index contributed by atoms with van der Waals surface area (Å²) in [7, 11) is 0. The molecule has 4 nitrogen and oxygen atoms in total. The van der Waals surface area contributed by atoms with Gasteiger partial charge in [-0.1, -0.05) is 140 Å². The van der Waals surface area contributed by atoms with Crippen molar-refractivity contribution in [2.75, 3.05) is 9.80 Å². The number of para-hydroxylation sites is 4. The lowest BCUT2D eigenvalue weighted by Crippen LogP contribution is -2.34. The van der Waals surface area contributed by atoms with Crippen LogP contribution in [0, 0.1) is 0 Å². The van der Waals surface area contributed by atoms with E-state index in [0.29, 0.717) is 0 Å². The molecule has 0 fully saturated rings. The second-order valence-electron chi connectivity index (χ2n) is 15.3. The van der Waals surface area contributed by atoms with E-state index in [1.165, 1.54) is 11.1 Å². The molecule has 0 amide bonds. The number of hydrogen-bond acceptors (Lipinski definition) is 2. The van der Waals surface area contributed by atoms with Crippen molar-refractivity contribution in [1.29, 1.82) is 0 Å². The summed E-state index contributed by atoms with van der Waals surface area (Å²) >= 11 is 0. The molecule has 0 N–H and O–H groups in total. The van der Waals surface area contributed by atoms with Crippen LogP contribution >= 0.6 is 0 Å². The topological polar surface area (TPSA) is 14.2 Å². The lowest BCUT2D eigenvalue weighted by Gasteiger charge is -2.25. The molecule has 0 aliphatic heterocycles. The summed E-state index contributed by atoms with van der Waals surface area (Å²) in [5, 5.41) is 0. The van der Waals surface area contributed by atoms with E-state index in [1.54, 1.807) is 0 Å². The van der Waals surface area contributed by atoms with Crippen LogP contribution in [0.4, 0.5) is 34.1 Å². The van der Waals surface area contributed by atoms with Gasteiger partial charge in [-0.05, 0) is 101 Å². The molecule has 62 heavy (non-hydrogen) atoms. The molecule has 0 atom stereocenters. The molecular formula is C58H48N4+2. The first kappa shape index (κ1) is 39.4. The molecule has 2 aromatic heterocycles. The smallest absolute Gasteiger partial charge is 0.173 e. The van der Waals surface area contributed by atoms with Crippen LogP contribution in [0.2, 0.25) is 0 Å². The second kappa shape index (κ2) is 19.3. The first-order valence-corrected chi connectivity index (χ1v) is 21.1. The fraction of sp³-hybridized carbons (Fsp3) is 0.0345. The van der Waals surface area contributed by atoms with Crippen molar-refractivity contribution >= 4 is 58.4 Å². The van der Waals surface area contributed by atoms with Crippen LogP contribution in [0.1, 0.15) is 33.4 Å². The second-order valence-corrected chi connectivity index (χ2v) is 15.3. The summed E-state index contributed by atoms with van der Waals surface area (Å²) in [6.45, 7) is 1.62. The number of anilines is 6. The van der Waals surface area contributed by atoms with Crippen LogP contribution in [-0.4, -0.2) is 0 Å². The summed E-state index contributed by atoms with van der Waals surface area (Å²) in [5.74, 6) is 0. The summed E-state index contributed by atoms with van der Waals surface area (Å²) in [5.41, 5.74) is 14.0. The Labute approximate surface area is 365 Å². The molecule has 7 aromatic carbocycles. The molecule has 2 heterocycles. The minimum absolute atomic E-state index is 0.810. The largest absolute Gasteiger partial charge is 0.311 e. The lowest BCUT2D eigenvalue weighted by molar-refractivity contribution is -0.689. The maximum atomic E-state index is 2.31. The van der Waals surface area contributed by atoms with Gasteiger partial charge < -0.3 is 9.80 Å². The van der Waals surface area contributed by atoms with Crippen LogP contribution in [0.15, 0.2) is 243 Å². The number of benzene rings is 7. The average molecular weight is 801 g/mol. The van der Waals surface area contributed by atoms with E-state index in [2.05, 4.69) is 286 Å². The Balaban J connectivity index is 0.790. The lowest BCUT2D eigenvalue weighted by atomic mass is 10.1. The van der Waals surface area contributed by atoms with Gasteiger partial charge in [0.1, 0.15) is 0 Å². The van der Waals surface area contributed by atoms with Crippen molar-refractivity contribution in [1.82, 2.24) is 0 Å². The highest BCUT2D eigenvalue weighted by molar-refractivity contribution is 5.79. The molecule has 0 saturated heterocycles. The van der Waals surface area contributed by atoms with Gasteiger partial charge in [0.2, 0.25) is 0 Å². The Kier molecular flexibility index (Phi) is 12.3. The SMILES string of the molecule is C(=C\c1cc[n+](Cc2cccc(C[n+]3ccc(/C=C/c4ccc(N(c5ccccc5)c5ccccc5)cc4)cc3)c2)cc1)/c1ccc(N(c2ccccc2)c2ccccc2)cc1. The van der Waals surface area contributed by atoms with Gasteiger partial charge in [0.05, 0.1) is 0 Å². The summed E-state index contributed by atoms with van der Waals surface area (Å²) in [4.78, 5) is 4.56. The van der Waals surface area contributed by atoms with Crippen LogP contribution in [-0.2, 0) is 13.1 Å². The number of nitrogens with zero attached hydrogens (tertiary/aromatic N) is 4. The number of pyridine rings is 2. The molecule has 0 saturated carbocycles. The zero-order chi connectivity index (χ0) is 41.8. The van der Waals surface area contributed by atoms with E-state index >= 15 is 0 Å². The molecule has 0 spiro atoms. The van der Waals surface area contributed by atoms with Crippen molar-refractivity contribution in [2.45, 2.75) is 13.1 Å². The van der Waals surface area contributed by atoms with Gasteiger partial charge in [-0.15, -0.1) is 0 Å². The van der Waals surface area contributed by atoms with E-state index in [-0.39, 0.29) is 0 Å². The third-order valence-corrected chi connectivity index (χ3v) is 10.9. The zero-order valence-electron chi connectivity index (χ0n) is 34.6. The molecule has 9 rings (SSSR count). The Bertz CT molecular complexity index is 2560. The third-order valence-electron chi connectivity index (χ3n) is 10.9. The maximum Gasteiger partial charge on any atom is 0.173 e. The van der Waals surface area contributed by atoms with Crippen molar-refractivity contribution < 1.29 is 9.13 Å². The Hall–Kier alpha value is -8.08. The highest BCUT2D eigenvalue weighted by Crippen LogP contribution is 2.35. The van der Waals surface area contributed by atoms with E-state index in [0.717, 1.165) is 69.5 Å². The Morgan fingerprint density at radius 1 is 0.274 bits per heavy atom. The third kappa shape index (κ3) is 10.0. The highest BCUT2D eigenvalue weighted by Gasteiger charge is 2.13. The van der Waals surface area contributed by atoms with Crippen LogP contribution in [0.5, 0.6) is 0 Å². The minimum Gasteiger partial charge on any atom is -0.311 e. The number of rotatable bonds is 14. The van der Waals surface area contributed by atoms with Gasteiger partial charge in [0.15, 0.2) is 37.9 Å². The van der Waals surface area contributed by atoms with Crippen molar-refractivity contribution in [3.63, 3.8) is 0 Å². The van der Waals surface area contributed by atoms with E-state index < -0.39 is 0 Å². The predicted molar refractivity (Wildman–Crippen MR) is 258 cm³/mol. The maximum absolute atomic E-state index is 2.31. The van der Waals surface area contributed by atoms with Gasteiger partial charge >= 0.3 is 0 Å². The predicted octanol–water partition coefficient (Wildman–Crippen LogP) is 13.6. The van der Waals surface area contributed by atoms with Gasteiger partial charge in [-0.3, -0.25) is 0 Å². The molecule has 0 aliphatic rings. The Morgan fingerprint density at radius 2 is 0.548 bits per heavy atom. The summed E-state index contributed by atoms with van der Waals surface area (Å²) < 4.78 is 4.47. The van der Waals surface area contributed by atoms with E-state index in [1.807, 2.05) is 0 Å². The molecule has 9 aromatic rings. The van der Waals surface area contributed by atoms with E-state index in [4.69, 9.17) is 0 Å². The Morgan fingerprint density at radius 3 is 0.855 bits per heavy atom. The first-order valence-electron chi connectivity index (χ1n) is 21.1. The van der Waals surface area contributed by atoms with Gasteiger partial charge in [-0.2, -0.15) is 0 Å².